The third-order valence-corrected chi connectivity index (χ3v) is 8.88. The summed E-state index contributed by atoms with van der Waals surface area (Å²) in [5.74, 6) is 8.90. The fraction of sp³-hybridized carbons (Fsp3) is 0.469. The summed E-state index contributed by atoms with van der Waals surface area (Å²) in [4.78, 5) is 14.3. The van der Waals surface area contributed by atoms with E-state index in [-0.39, 0.29) is 17.8 Å². The number of phenols is 1. The van der Waals surface area contributed by atoms with Gasteiger partial charge in [-0.1, -0.05) is 25.0 Å². The van der Waals surface area contributed by atoms with Gasteiger partial charge in [0.2, 0.25) is 0 Å². The van der Waals surface area contributed by atoms with E-state index in [2.05, 4.69) is 79.6 Å². The summed E-state index contributed by atoms with van der Waals surface area (Å²) >= 11 is 0. The molecule has 3 saturated heterocycles. The zero-order chi connectivity index (χ0) is 28.5. The minimum absolute atomic E-state index is 0.176. The lowest BCUT2D eigenvalue weighted by Crippen LogP contribution is -2.58. The van der Waals surface area contributed by atoms with E-state index < -0.39 is 0 Å². The Morgan fingerprint density at radius 3 is 2.54 bits per heavy atom. The van der Waals surface area contributed by atoms with Gasteiger partial charge in [-0.05, 0) is 68.5 Å². The molecule has 3 aliphatic rings. The molecule has 9 heteroatoms. The number of nitrogens with zero attached hydrogens (tertiary/aromatic N) is 7. The zero-order valence-electron chi connectivity index (χ0n) is 24.2. The van der Waals surface area contributed by atoms with Crippen LogP contribution in [0.4, 0.5) is 17.2 Å². The number of anilines is 3. The van der Waals surface area contributed by atoms with Gasteiger partial charge in [-0.3, -0.25) is 4.90 Å². The molecule has 1 aromatic carbocycles. The standard InChI is InChI=1S/C32H40N8O/c1-4-26-21-39(30-15-29(35-36-32(30)33)28-9-5-6-10-31(28)41)16-22(2)40(26)27-11-12-34-25(14-27)8-7-13-38-19-23-17-37(3)18-24(23)20-38/h5-6,9-12,14-15,22-24,26,41H,4,13,16-21H2,1-3H3,(H2,33,36)/t22?,23-,24+,26?. The maximum absolute atomic E-state index is 10.4. The molecular weight excluding hydrogens is 512 g/mol. The van der Waals surface area contributed by atoms with Crippen molar-refractivity contribution >= 4 is 17.2 Å². The molecule has 0 saturated carbocycles. The summed E-state index contributed by atoms with van der Waals surface area (Å²) in [7, 11) is 2.23. The number of phenolic OH excluding ortho intramolecular Hbond substituents is 1. The number of pyridine rings is 1. The highest BCUT2D eigenvalue weighted by Crippen LogP contribution is 2.35. The average molecular weight is 553 g/mol. The van der Waals surface area contributed by atoms with Crippen LogP contribution in [0.3, 0.4) is 0 Å². The first-order chi connectivity index (χ1) is 19.9. The molecule has 0 radical (unpaired) electrons. The van der Waals surface area contributed by atoms with Gasteiger partial charge in [0.25, 0.3) is 0 Å². The average Bonchev–Trinajstić information content (AvgIpc) is 3.50. The number of rotatable bonds is 5. The minimum atomic E-state index is 0.176. The van der Waals surface area contributed by atoms with Crippen LogP contribution in [0.2, 0.25) is 0 Å². The Kier molecular flexibility index (Phi) is 7.69. The largest absolute Gasteiger partial charge is 0.507 e. The third-order valence-electron chi connectivity index (χ3n) is 8.88. The lowest BCUT2D eigenvalue weighted by atomic mass is 10.0. The Morgan fingerprint density at radius 1 is 1.00 bits per heavy atom. The lowest BCUT2D eigenvalue weighted by Gasteiger charge is -2.48. The molecule has 3 N–H and O–H groups in total. The van der Waals surface area contributed by atoms with Crippen molar-refractivity contribution < 1.29 is 5.11 Å². The maximum Gasteiger partial charge on any atom is 0.169 e. The van der Waals surface area contributed by atoms with Gasteiger partial charge in [0.15, 0.2) is 5.82 Å². The number of nitrogen functional groups attached to an aromatic ring is 1. The molecule has 2 unspecified atom stereocenters. The van der Waals surface area contributed by atoms with E-state index in [1.807, 2.05) is 24.4 Å². The quantitative estimate of drug-likeness (QED) is 0.463. The number of hydrogen-bond acceptors (Lipinski definition) is 9. The van der Waals surface area contributed by atoms with Gasteiger partial charge in [-0.2, -0.15) is 0 Å². The van der Waals surface area contributed by atoms with Crippen LogP contribution < -0.4 is 15.5 Å². The Labute approximate surface area is 243 Å². The molecule has 0 bridgehead atoms. The van der Waals surface area contributed by atoms with Crippen molar-refractivity contribution in [3.63, 3.8) is 0 Å². The van der Waals surface area contributed by atoms with Gasteiger partial charge in [0.1, 0.15) is 11.4 Å². The molecule has 6 rings (SSSR count). The molecule has 41 heavy (non-hydrogen) atoms. The van der Waals surface area contributed by atoms with Crippen molar-refractivity contribution in [2.24, 2.45) is 11.8 Å². The van der Waals surface area contributed by atoms with Crippen LogP contribution in [0, 0.1) is 23.7 Å². The number of piperazine rings is 1. The maximum atomic E-state index is 10.4. The number of nitrogens with two attached hydrogens (primary N) is 1. The van der Waals surface area contributed by atoms with Crippen LogP contribution >= 0.6 is 0 Å². The second-order valence-electron chi connectivity index (χ2n) is 11.9. The van der Waals surface area contributed by atoms with Gasteiger partial charge in [-0.15, -0.1) is 10.2 Å². The SMILES string of the molecule is CCC1CN(c2cc(-c3ccccc3O)nnc2N)CC(C)N1c1ccnc(C#CCN2C[C@H]3CN(C)C[C@H]3C2)c1. The van der Waals surface area contributed by atoms with Crippen molar-refractivity contribution in [1.29, 1.82) is 0 Å². The number of benzene rings is 1. The van der Waals surface area contributed by atoms with Gasteiger partial charge >= 0.3 is 0 Å². The molecule has 3 aliphatic heterocycles. The van der Waals surface area contributed by atoms with E-state index in [1.54, 1.807) is 12.1 Å². The normalized spacial score (nSPS) is 24.8. The van der Waals surface area contributed by atoms with Crippen LogP contribution in [-0.2, 0) is 0 Å². The van der Waals surface area contributed by atoms with E-state index >= 15 is 0 Å². The molecule has 2 aromatic heterocycles. The predicted octanol–water partition coefficient (Wildman–Crippen LogP) is 3.17. The number of aromatic hydroxyl groups is 1. The van der Waals surface area contributed by atoms with Crippen LogP contribution in [-0.4, -0.2) is 95.0 Å². The molecule has 4 atom stereocenters. The van der Waals surface area contributed by atoms with Crippen LogP contribution in [0.25, 0.3) is 11.3 Å². The summed E-state index contributed by atoms with van der Waals surface area (Å²) < 4.78 is 0. The molecule has 0 spiro atoms. The number of para-hydroxylation sites is 1. The Morgan fingerprint density at radius 2 is 1.78 bits per heavy atom. The van der Waals surface area contributed by atoms with Gasteiger partial charge in [0.05, 0.1) is 17.9 Å². The topological polar surface area (TPSA) is 97.9 Å². The molecule has 0 aliphatic carbocycles. The van der Waals surface area contributed by atoms with Crippen molar-refractivity contribution in [1.82, 2.24) is 25.0 Å². The summed E-state index contributed by atoms with van der Waals surface area (Å²) in [5.41, 5.74) is 10.4. The highest BCUT2D eigenvalue weighted by molar-refractivity contribution is 5.74. The smallest absolute Gasteiger partial charge is 0.169 e. The Balaban J connectivity index is 1.16. The van der Waals surface area contributed by atoms with Gasteiger partial charge in [-0.25, -0.2) is 4.98 Å². The zero-order valence-corrected chi connectivity index (χ0v) is 24.2. The number of hydrogen-bond donors (Lipinski definition) is 2. The summed E-state index contributed by atoms with van der Waals surface area (Å²) in [5, 5.41) is 18.9. The fourth-order valence-electron chi connectivity index (χ4n) is 6.98. The highest BCUT2D eigenvalue weighted by Gasteiger charge is 2.38. The molecule has 3 aromatic rings. The van der Waals surface area contributed by atoms with Crippen LogP contribution in [0.5, 0.6) is 5.75 Å². The van der Waals surface area contributed by atoms with Crippen LogP contribution in [0.15, 0.2) is 48.7 Å². The third kappa shape index (κ3) is 5.67. The monoisotopic (exact) mass is 552 g/mol. The van der Waals surface area contributed by atoms with E-state index in [0.29, 0.717) is 17.1 Å². The second kappa shape index (κ2) is 11.6. The molecule has 5 heterocycles. The van der Waals surface area contributed by atoms with Crippen molar-refractivity contribution in [2.75, 3.05) is 68.4 Å². The first kappa shape index (κ1) is 27.3. The second-order valence-corrected chi connectivity index (χ2v) is 11.9. The summed E-state index contributed by atoms with van der Waals surface area (Å²) in [6, 6.07) is 13.8. The Hall–Kier alpha value is -3.87. The predicted molar refractivity (Wildman–Crippen MR) is 164 cm³/mol. The molecule has 0 amide bonds. The first-order valence-corrected chi connectivity index (χ1v) is 14.7. The molecule has 9 nitrogen and oxygen atoms in total. The van der Waals surface area contributed by atoms with Gasteiger partial charge < -0.3 is 25.5 Å². The molecule has 3 fully saturated rings. The number of aromatic nitrogens is 3. The summed E-state index contributed by atoms with van der Waals surface area (Å²) in [6.45, 7) is 11.6. The Bertz CT molecular complexity index is 1440. The van der Waals surface area contributed by atoms with E-state index in [4.69, 9.17) is 5.73 Å². The highest BCUT2D eigenvalue weighted by atomic mass is 16.3. The summed E-state index contributed by atoms with van der Waals surface area (Å²) in [6.07, 6.45) is 2.85. The number of likely N-dealkylation sites (tertiary alicyclic amines) is 2. The van der Waals surface area contributed by atoms with E-state index in [1.165, 1.54) is 13.1 Å². The number of fused-ring (bicyclic) bond motifs is 1. The molecule has 214 valence electrons. The lowest BCUT2D eigenvalue weighted by molar-refractivity contribution is 0.301. The van der Waals surface area contributed by atoms with Gasteiger partial charge in [0, 0.05) is 68.8 Å². The first-order valence-electron chi connectivity index (χ1n) is 14.7. The van der Waals surface area contributed by atoms with Crippen LogP contribution in [0.1, 0.15) is 26.0 Å². The van der Waals surface area contributed by atoms with E-state index in [0.717, 1.165) is 68.0 Å². The molecular formula is C32H40N8O. The fourth-order valence-corrected chi connectivity index (χ4v) is 6.98. The van der Waals surface area contributed by atoms with Crippen molar-refractivity contribution in [2.45, 2.75) is 32.4 Å². The minimum Gasteiger partial charge on any atom is -0.507 e. The van der Waals surface area contributed by atoms with Crippen molar-refractivity contribution in [3.05, 3.63) is 54.4 Å². The van der Waals surface area contributed by atoms with E-state index in [9.17, 15) is 5.11 Å². The van der Waals surface area contributed by atoms with Crippen molar-refractivity contribution in [3.8, 4) is 28.8 Å².